The lowest BCUT2D eigenvalue weighted by atomic mass is 10.1. The van der Waals surface area contributed by atoms with Crippen LogP contribution in [0.15, 0.2) is 24.3 Å². The second-order valence-electron chi connectivity index (χ2n) is 4.64. The number of ether oxygens (including phenoxy) is 1. The van der Waals surface area contributed by atoms with Gasteiger partial charge in [0.2, 0.25) is 0 Å². The van der Waals surface area contributed by atoms with Crippen LogP contribution in [0.4, 0.5) is 0 Å². The molecule has 5 heteroatoms. The fourth-order valence-electron chi connectivity index (χ4n) is 1.59. The molecule has 0 amide bonds. The van der Waals surface area contributed by atoms with Crippen LogP contribution in [-0.4, -0.2) is 16.3 Å². The summed E-state index contributed by atoms with van der Waals surface area (Å²) in [5.41, 5.74) is 4.72. The normalized spacial score (nSPS) is 10.3. The molecule has 0 aromatic heterocycles. The second-order valence-corrected chi connectivity index (χ2v) is 6.97. The van der Waals surface area contributed by atoms with Gasteiger partial charge in [0.05, 0.1) is 0 Å². The highest BCUT2D eigenvalue weighted by atomic mass is 35.5. The lowest BCUT2D eigenvalue weighted by Crippen LogP contribution is -2.01. The number of benzene rings is 1. The maximum Gasteiger partial charge on any atom is 0.137 e. The Kier molecular flexibility index (Phi) is 9.74. The van der Waals surface area contributed by atoms with Crippen LogP contribution in [0.3, 0.4) is 0 Å². The van der Waals surface area contributed by atoms with Crippen LogP contribution in [0.1, 0.15) is 23.6 Å². The first-order valence-corrected chi connectivity index (χ1v) is 7.81. The van der Waals surface area contributed by atoms with E-state index in [-0.39, 0.29) is 0 Å². The molecule has 0 bridgehead atoms. The summed E-state index contributed by atoms with van der Waals surface area (Å²) in [5, 5.41) is 0. The molecule has 0 fully saturated rings. The summed E-state index contributed by atoms with van der Waals surface area (Å²) in [7, 11) is 0. The third-order valence-corrected chi connectivity index (χ3v) is 3.78. The molecule has 1 aromatic rings. The van der Waals surface area contributed by atoms with E-state index in [0.717, 1.165) is 11.3 Å². The van der Waals surface area contributed by atoms with Gasteiger partial charge in [-0.3, -0.25) is 0 Å². The molecule has 0 saturated carbocycles. The van der Waals surface area contributed by atoms with E-state index in [0.29, 0.717) is 6.61 Å². The summed E-state index contributed by atoms with van der Waals surface area (Å²) in [4.78, 5) is -1.35. The maximum atomic E-state index is 5.68. The molecule has 0 N–H and O–H groups in total. The van der Waals surface area contributed by atoms with Crippen molar-refractivity contribution in [3.8, 4) is 5.75 Å². The molecule has 0 aliphatic carbocycles. The van der Waals surface area contributed by atoms with Crippen molar-refractivity contribution in [2.45, 2.75) is 37.4 Å². The largest absolute Gasteiger partial charge is 0.489 e. The molecule has 1 aromatic carbocycles. The molecule has 0 unspecified atom stereocenters. The Balaban J connectivity index is 0.000000511. The highest BCUT2D eigenvalue weighted by molar-refractivity contribution is 6.56. The zero-order valence-corrected chi connectivity index (χ0v) is 15.2. The van der Waals surface area contributed by atoms with Crippen LogP contribution in [0.2, 0.25) is 0 Å². The minimum Gasteiger partial charge on any atom is -0.489 e. The SMILES string of the molecule is C=C(C)COc1c(C)cc(C)cc1C.ClC(Cl)C(Cl)Cl. The van der Waals surface area contributed by atoms with E-state index in [2.05, 4.69) is 39.5 Å². The minimum atomic E-state index is -0.673. The predicted octanol–water partition coefficient (Wildman–Crippen LogP) is 6.16. The average molecular weight is 358 g/mol. The van der Waals surface area contributed by atoms with Crippen molar-refractivity contribution in [1.29, 1.82) is 0 Å². The van der Waals surface area contributed by atoms with Gasteiger partial charge in [-0.1, -0.05) is 24.3 Å². The van der Waals surface area contributed by atoms with Crippen LogP contribution < -0.4 is 4.74 Å². The lowest BCUT2D eigenvalue weighted by molar-refractivity contribution is 0.347. The molecule has 1 nitrogen and oxygen atoms in total. The Morgan fingerprint density at radius 3 is 1.75 bits per heavy atom. The van der Waals surface area contributed by atoms with Crippen molar-refractivity contribution in [3.63, 3.8) is 0 Å². The highest BCUT2D eigenvalue weighted by Crippen LogP contribution is 2.24. The summed E-state index contributed by atoms with van der Waals surface area (Å²) in [6.07, 6.45) is 0. The van der Waals surface area contributed by atoms with Gasteiger partial charge >= 0.3 is 0 Å². The second kappa shape index (κ2) is 9.78. The Bertz CT molecular complexity index is 412. The summed E-state index contributed by atoms with van der Waals surface area (Å²) in [6.45, 7) is 12.6. The van der Waals surface area contributed by atoms with Crippen molar-refractivity contribution in [3.05, 3.63) is 41.0 Å². The zero-order valence-electron chi connectivity index (χ0n) is 12.1. The Labute approximate surface area is 141 Å². The van der Waals surface area contributed by atoms with Gasteiger partial charge in [0, 0.05) is 0 Å². The molecule has 0 spiro atoms. The fraction of sp³-hybridized carbons (Fsp3) is 0.467. The Morgan fingerprint density at radius 1 is 1.05 bits per heavy atom. The average Bonchev–Trinajstić information content (AvgIpc) is 2.27. The Morgan fingerprint density at radius 2 is 1.45 bits per heavy atom. The van der Waals surface area contributed by atoms with Crippen molar-refractivity contribution < 1.29 is 4.74 Å². The third-order valence-electron chi connectivity index (χ3n) is 2.26. The van der Waals surface area contributed by atoms with Gasteiger partial charge in [-0.25, -0.2) is 0 Å². The van der Waals surface area contributed by atoms with Gasteiger partial charge < -0.3 is 4.74 Å². The molecule has 0 radical (unpaired) electrons. The first kappa shape index (κ1) is 19.9. The number of alkyl halides is 4. The van der Waals surface area contributed by atoms with Crippen LogP contribution in [0.25, 0.3) is 0 Å². The van der Waals surface area contributed by atoms with E-state index in [1.54, 1.807) is 0 Å². The molecule has 20 heavy (non-hydrogen) atoms. The number of hydrogen-bond donors (Lipinski definition) is 0. The first-order chi connectivity index (χ1) is 9.15. The van der Waals surface area contributed by atoms with E-state index in [9.17, 15) is 0 Å². The quantitative estimate of drug-likeness (QED) is 0.463. The van der Waals surface area contributed by atoms with Gasteiger partial charge in [-0.05, 0) is 44.4 Å². The van der Waals surface area contributed by atoms with E-state index in [1.165, 1.54) is 16.7 Å². The van der Waals surface area contributed by atoms with E-state index in [1.807, 2.05) is 6.92 Å². The molecule has 114 valence electrons. The van der Waals surface area contributed by atoms with Gasteiger partial charge in [0.25, 0.3) is 0 Å². The van der Waals surface area contributed by atoms with Crippen LogP contribution in [0.5, 0.6) is 5.75 Å². The molecular formula is C15H20Cl4O. The molecule has 0 heterocycles. The van der Waals surface area contributed by atoms with Crippen molar-refractivity contribution in [2.75, 3.05) is 6.61 Å². The molecular weight excluding hydrogens is 338 g/mol. The Hall–Kier alpha value is -0.0800. The van der Waals surface area contributed by atoms with E-state index >= 15 is 0 Å². The fourth-order valence-corrected chi connectivity index (χ4v) is 1.59. The van der Waals surface area contributed by atoms with Crippen LogP contribution in [-0.2, 0) is 0 Å². The maximum absolute atomic E-state index is 5.68. The summed E-state index contributed by atoms with van der Waals surface area (Å²) in [6, 6.07) is 4.28. The molecule has 0 aliphatic heterocycles. The van der Waals surface area contributed by atoms with Gasteiger partial charge in [-0.15, -0.1) is 46.4 Å². The number of halogens is 4. The molecule has 0 atom stereocenters. The molecule has 0 saturated heterocycles. The summed E-state index contributed by atoms with van der Waals surface area (Å²) in [5.74, 6) is 0.999. The first-order valence-electron chi connectivity index (χ1n) is 6.06. The smallest absolute Gasteiger partial charge is 0.137 e. The number of rotatable bonds is 4. The summed E-state index contributed by atoms with van der Waals surface area (Å²) >= 11 is 20.5. The van der Waals surface area contributed by atoms with Gasteiger partial charge in [0.15, 0.2) is 0 Å². The number of hydrogen-bond acceptors (Lipinski definition) is 1. The van der Waals surface area contributed by atoms with Crippen molar-refractivity contribution >= 4 is 46.4 Å². The van der Waals surface area contributed by atoms with E-state index < -0.39 is 9.67 Å². The zero-order chi connectivity index (χ0) is 15.9. The third kappa shape index (κ3) is 8.26. The highest BCUT2D eigenvalue weighted by Gasteiger charge is 2.07. The van der Waals surface area contributed by atoms with Crippen molar-refractivity contribution in [1.82, 2.24) is 0 Å². The van der Waals surface area contributed by atoms with Crippen molar-refractivity contribution in [2.24, 2.45) is 0 Å². The van der Waals surface area contributed by atoms with E-state index in [4.69, 9.17) is 51.1 Å². The summed E-state index contributed by atoms with van der Waals surface area (Å²) < 4.78 is 5.68. The van der Waals surface area contributed by atoms with Crippen LogP contribution in [0, 0.1) is 20.8 Å². The van der Waals surface area contributed by atoms with Gasteiger partial charge in [0.1, 0.15) is 22.0 Å². The molecule has 1 rings (SSSR count). The van der Waals surface area contributed by atoms with Crippen LogP contribution >= 0.6 is 46.4 Å². The monoisotopic (exact) mass is 356 g/mol. The minimum absolute atomic E-state index is 0.602. The topological polar surface area (TPSA) is 9.23 Å². The lowest BCUT2D eigenvalue weighted by Gasteiger charge is -2.12. The van der Waals surface area contributed by atoms with Gasteiger partial charge in [-0.2, -0.15) is 0 Å². The molecule has 0 aliphatic rings. The number of aryl methyl sites for hydroxylation is 3. The predicted molar refractivity (Wildman–Crippen MR) is 92.0 cm³/mol. The standard InChI is InChI=1S/C13H18O.C2H2Cl4/c1-9(2)8-14-13-11(4)6-10(3)7-12(13)5;3-1(4)2(5)6/h6-7H,1,8H2,2-5H3;1-2H.